The lowest BCUT2D eigenvalue weighted by molar-refractivity contribution is -0.115. The minimum absolute atomic E-state index is 0.219. The molecule has 0 spiro atoms. The second-order valence-corrected chi connectivity index (χ2v) is 6.10. The van der Waals surface area contributed by atoms with E-state index < -0.39 is 21.0 Å². The first-order valence-corrected chi connectivity index (χ1v) is 6.69. The predicted molar refractivity (Wildman–Crippen MR) is 61.1 cm³/mol. The van der Waals surface area contributed by atoms with Crippen LogP contribution in [0.5, 0.6) is 0 Å². The molecular formula is C11H13NO3S. The van der Waals surface area contributed by atoms with Crippen LogP contribution in [0.25, 0.3) is 0 Å². The average Bonchev–Trinajstić information content (AvgIpc) is 2.26. The summed E-state index contributed by atoms with van der Waals surface area (Å²) in [5, 5.41) is 1.61. The Morgan fingerprint density at radius 2 is 2.06 bits per heavy atom. The SMILES string of the molecule is CCc1ccc2c(c1)NC(=O)C(C)S2(=O)=O. The summed E-state index contributed by atoms with van der Waals surface area (Å²) in [6.45, 7) is 3.38. The largest absolute Gasteiger partial charge is 0.324 e. The number of anilines is 1. The van der Waals surface area contributed by atoms with Gasteiger partial charge in [0.05, 0.1) is 10.6 Å². The van der Waals surface area contributed by atoms with E-state index in [0.717, 1.165) is 12.0 Å². The molecule has 5 heteroatoms. The van der Waals surface area contributed by atoms with E-state index in [1.807, 2.05) is 6.92 Å². The molecular weight excluding hydrogens is 226 g/mol. The summed E-state index contributed by atoms with van der Waals surface area (Å²) in [5.74, 6) is -0.458. The number of carbonyl (C=O) groups excluding carboxylic acids is 1. The van der Waals surface area contributed by atoms with E-state index in [0.29, 0.717) is 5.69 Å². The molecule has 1 N–H and O–H groups in total. The number of rotatable bonds is 1. The van der Waals surface area contributed by atoms with Gasteiger partial charge in [-0.3, -0.25) is 4.79 Å². The fourth-order valence-electron chi connectivity index (χ4n) is 1.71. The molecule has 4 nitrogen and oxygen atoms in total. The molecule has 0 aromatic heterocycles. The molecule has 86 valence electrons. The van der Waals surface area contributed by atoms with Crippen molar-refractivity contribution in [2.75, 3.05) is 5.32 Å². The van der Waals surface area contributed by atoms with Gasteiger partial charge in [-0.15, -0.1) is 0 Å². The maximum Gasteiger partial charge on any atom is 0.242 e. The van der Waals surface area contributed by atoms with Gasteiger partial charge in [0.25, 0.3) is 0 Å². The van der Waals surface area contributed by atoms with E-state index in [1.165, 1.54) is 6.92 Å². The smallest absolute Gasteiger partial charge is 0.242 e. The number of hydrogen-bond donors (Lipinski definition) is 1. The van der Waals surface area contributed by atoms with E-state index in [2.05, 4.69) is 5.32 Å². The summed E-state index contributed by atoms with van der Waals surface area (Å²) >= 11 is 0. The number of fused-ring (bicyclic) bond motifs is 1. The normalized spacial score (nSPS) is 22.4. The first-order chi connectivity index (χ1) is 7.46. The zero-order valence-corrected chi connectivity index (χ0v) is 9.97. The van der Waals surface area contributed by atoms with Crippen molar-refractivity contribution in [2.24, 2.45) is 0 Å². The van der Waals surface area contributed by atoms with Crippen LogP contribution in [0.2, 0.25) is 0 Å². The minimum Gasteiger partial charge on any atom is -0.324 e. The van der Waals surface area contributed by atoms with Crippen LogP contribution in [-0.2, 0) is 21.1 Å². The van der Waals surface area contributed by atoms with Gasteiger partial charge in [0.15, 0.2) is 9.84 Å². The van der Waals surface area contributed by atoms with Gasteiger partial charge in [-0.25, -0.2) is 8.42 Å². The third kappa shape index (κ3) is 1.51. The Morgan fingerprint density at radius 3 is 2.69 bits per heavy atom. The summed E-state index contributed by atoms with van der Waals surface area (Å²) in [6, 6.07) is 5.07. The van der Waals surface area contributed by atoms with Crippen LogP contribution in [0.1, 0.15) is 19.4 Å². The van der Waals surface area contributed by atoms with Crippen molar-refractivity contribution in [3.8, 4) is 0 Å². The maximum atomic E-state index is 12.0. The summed E-state index contributed by atoms with van der Waals surface area (Å²) in [6.07, 6.45) is 0.804. The summed E-state index contributed by atoms with van der Waals surface area (Å²) < 4.78 is 23.9. The molecule has 1 atom stereocenters. The van der Waals surface area contributed by atoms with E-state index >= 15 is 0 Å². The van der Waals surface area contributed by atoms with Crippen LogP contribution in [0.4, 0.5) is 5.69 Å². The topological polar surface area (TPSA) is 63.2 Å². The van der Waals surface area contributed by atoms with E-state index in [-0.39, 0.29) is 4.90 Å². The lowest BCUT2D eigenvalue weighted by Gasteiger charge is -2.22. The average molecular weight is 239 g/mol. The number of carbonyl (C=O) groups is 1. The molecule has 2 rings (SSSR count). The Bertz CT molecular complexity index is 548. The van der Waals surface area contributed by atoms with Crippen molar-refractivity contribution in [1.82, 2.24) is 0 Å². The van der Waals surface area contributed by atoms with Crippen LogP contribution in [0.3, 0.4) is 0 Å². The second-order valence-electron chi connectivity index (χ2n) is 3.86. The highest BCUT2D eigenvalue weighted by molar-refractivity contribution is 7.93. The highest BCUT2D eigenvalue weighted by atomic mass is 32.2. The highest BCUT2D eigenvalue weighted by Gasteiger charge is 2.36. The van der Waals surface area contributed by atoms with Crippen LogP contribution >= 0.6 is 0 Å². The minimum atomic E-state index is -3.51. The number of amides is 1. The van der Waals surface area contributed by atoms with Crippen LogP contribution in [0, 0.1) is 0 Å². The molecule has 16 heavy (non-hydrogen) atoms. The number of nitrogens with one attached hydrogen (secondary N) is 1. The van der Waals surface area contributed by atoms with Gasteiger partial charge >= 0.3 is 0 Å². The van der Waals surface area contributed by atoms with Crippen molar-refractivity contribution in [2.45, 2.75) is 30.4 Å². The number of hydrogen-bond acceptors (Lipinski definition) is 3. The van der Waals surface area contributed by atoms with Crippen molar-refractivity contribution < 1.29 is 13.2 Å². The van der Waals surface area contributed by atoms with Gasteiger partial charge in [-0.1, -0.05) is 13.0 Å². The first-order valence-electron chi connectivity index (χ1n) is 5.14. The molecule has 1 amide bonds. The van der Waals surface area contributed by atoms with Crippen molar-refractivity contribution >= 4 is 21.4 Å². The molecule has 0 bridgehead atoms. The van der Waals surface area contributed by atoms with E-state index in [4.69, 9.17) is 0 Å². The second kappa shape index (κ2) is 3.59. The fourth-order valence-corrected chi connectivity index (χ4v) is 3.10. The molecule has 0 aliphatic carbocycles. The molecule has 1 aliphatic rings. The van der Waals surface area contributed by atoms with Crippen LogP contribution in [-0.4, -0.2) is 19.6 Å². The summed E-state index contributed by atoms with van der Waals surface area (Å²) in [4.78, 5) is 11.7. The lowest BCUT2D eigenvalue weighted by atomic mass is 10.1. The van der Waals surface area contributed by atoms with E-state index in [9.17, 15) is 13.2 Å². The van der Waals surface area contributed by atoms with Crippen molar-refractivity contribution in [1.29, 1.82) is 0 Å². The number of sulfone groups is 1. The third-order valence-electron chi connectivity index (χ3n) is 2.85. The Morgan fingerprint density at radius 1 is 1.38 bits per heavy atom. The Labute approximate surface area is 94.6 Å². The van der Waals surface area contributed by atoms with Gasteiger partial charge in [0, 0.05) is 0 Å². The zero-order chi connectivity index (χ0) is 11.9. The van der Waals surface area contributed by atoms with Crippen LogP contribution in [0.15, 0.2) is 23.1 Å². The fraction of sp³-hybridized carbons (Fsp3) is 0.364. The predicted octanol–water partition coefficient (Wildman–Crippen LogP) is 1.36. The third-order valence-corrected chi connectivity index (χ3v) is 4.97. The van der Waals surface area contributed by atoms with Crippen molar-refractivity contribution in [3.63, 3.8) is 0 Å². The first kappa shape index (κ1) is 11.1. The highest BCUT2D eigenvalue weighted by Crippen LogP contribution is 2.30. The number of benzene rings is 1. The molecule has 0 radical (unpaired) electrons. The monoisotopic (exact) mass is 239 g/mol. The summed E-state index contributed by atoms with van der Waals surface area (Å²) in [7, 11) is -3.51. The van der Waals surface area contributed by atoms with Crippen molar-refractivity contribution in [3.05, 3.63) is 23.8 Å². The van der Waals surface area contributed by atoms with E-state index in [1.54, 1.807) is 18.2 Å². The Balaban J connectivity index is 2.65. The quantitative estimate of drug-likeness (QED) is 0.805. The maximum absolute atomic E-state index is 12.0. The lowest BCUT2D eigenvalue weighted by Crippen LogP contribution is -2.37. The summed E-state index contributed by atoms with van der Waals surface area (Å²) in [5.41, 5.74) is 1.41. The molecule has 0 fully saturated rings. The molecule has 1 aromatic carbocycles. The van der Waals surface area contributed by atoms with Gasteiger partial charge in [0.1, 0.15) is 5.25 Å². The van der Waals surface area contributed by atoms with Gasteiger partial charge < -0.3 is 5.32 Å². The Kier molecular flexibility index (Phi) is 2.50. The molecule has 1 aromatic rings. The van der Waals surface area contributed by atoms with Gasteiger partial charge in [0.2, 0.25) is 5.91 Å². The van der Waals surface area contributed by atoms with Gasteiger partial charge in [-0.05, 0) is 31.0 Å². The molecule has 0 saturated carbocycles. The van der Waals surface area contributed by atoms with Gasteiger partial charge in [-0.2, -0.15) is 0 Å². The van der Waals surface area contributed by atoms with Crippen LogP contribution < -0.4 is 5.32 Å². The molecule has 1 aliphatic heterocycles. The zero-order valence-electron chi connectivity index (χ0n) is 9.15. The molecule has 0 saturated heterocycles. The number of aryl methyl sites for hydroxylation is 1. The molecule has 1 heterocycles. The standard InChI is InChI=1S/C11H13NO3S/c1-3-8-4-5-10-9(6-8)12-11(13)7(2)16(10,14)15/h4-7H,3H2,1-2H3,(H,12,13). The Hall–Kier alpha value is -1.36. The molecule has 1 unspecified atom stereocenters.